The first kappa shape index (κ1) is 21.8. The molecule has 2 aromatic rings. The molecule has 0 aliphatic carbocycles. The Morgan fingerprint density at radius 1 is 1.17 bits per heavy atom. The SMILES string of the molecule is COC(=O)CN(c1cccc([N+](=O)[O-])c1C)S(=O)(=O)c1ccc(NC(C)=O)cc1. The first-order valence-electron chi connectivity index (χ1n) is 8.29. The lowest BCUT2D eigenvalue weighted by atomic mass is 10.1. The van der Waals surface area contributed by atoms with Gasteiger partial charge in [-0.25, -0.2) is 8.42 Å². The number of carbonyl (C=O) groups excluding carboxylic acids is 2. The van der Waals surface area contributed by atoms with Crippen molar-refractivity contribution in [3.63, 3.8) is 0 Å². The number of benzene rings is 2. The van der Waals surface area contributed by atoms with Crippen LogP contribution in [0.15, 0.2) is 47.4 Å². The highest BCUT2D eigenvalue weighted by Gasteiger charge is 2.30. The minimum atomic E-state index is -4.27. The predicted octanol–water partition coefficient (Wildman–Crippen LogP) is 2.23. The van der Waals surface area contributed by atoms with Crippen molar-refractivity contribution in [2.24, 2.45) is 0 Å². The van der Waals surface area contributed by atoms with Crippen LogP contribution in [0.1, 0.15) is 12.5 Å². The van der Waals surface area contributed by atoms with Crippen LogP contribution in [0, 0.1) is 17.0 Å². The summed E-state index contributed by atoms with van der Waals surface area (Å²) >= 11 is 0. The number of hydrogen-bond donors (Lipinski definition) is 1. The van der Waals surface area contributed by atoms with Gasteiger partial charge in [0.25, 0.3) is 15.7 Å². The zero-order chi connectivity index (χ0) is 21.8. The highest BCUT2D eigenvalue weighted by atomic mass is 32.2. The molecule has 0 unspecified atom stereocenters. The Kier molecular flexibility index (Phi) is 6.54. The second-order valence-corrected chi connectivity index (χ2v) is 7.83. The van der Waals surface area contributed by atoms with E-state index in [-0.39, 0.29) is 27.7 Å². The largest absolute Gasteiger partial charge is 0.468 e. The van der Waals surface area contributed by atoms with Crippen molar-refractivity contribution in [3.8, 4) is 0 Å². The Hall–Kier alpha value is -3.47. The molecule has 0 bridgehead atoms. The van der Waals surface area contributed by atoms with Crippen molar-refractivity contribution >= 4 is 39.0 Å². The summed E-state index contributed by atoms with van der Waals surface area (Å²) in [5.74, 6) is -1.16. The summed E-state index contributed by atoms with van der Waals surface area (Å²) in [6, 6.07) is 9.25. The molecule has 0 aliphatic rings. The topological polar surface area (TPSA) is 136 Å². The molecule has 1 N–H and O–H groups in total. The number of nitro groups is 1. The molecule has 0 atom stereocenters. The molecule has 0 saturated carbocycles. The predicted molar refractivity (Wildman–Crippen MR) is 105 cm³/mol. The van der Waals surface area contributed by atoms with Crippen molar-refractivity contribution in [3.05, 3.63) is 58.1 Å². The van der Waals surface area contributed by atoms with E-state index < -0.39 is 27.5 Å². The molecule has 0 radical (unpaired) electrons. The molecule has 0 aliphatic heterocycles. The summed E-state index contributed by atoms with van der Waals surface area (Å²) in [6.45, 7) is 2.04. The first-order chi connectivity index (χ1) is 13.6. The third kappa shape index (κ3) is 4.88. The van der Waals surface area contributed by atoms with Crippen LogP contribution in [0.2, 0.25) is 0 Å². The summed E-state index contributed by atoms with van der Waals surface area (Å²) < 4.78 is 31.8. The van der Waals surface area contributed by atoms with Gasteiger partial charge >= 0.3 is 5.97 Å². The summed E-state index contributed by atoms with van der Waals surface area (Å²) in [5, 5.41) is 13.7. The highest BCUT2D eigenvalue weighted by molar-refractivity contribution is 7.92. The Morgan fingerprint density at radius 3 is 2.31 bits per heavy atom. The molecule has 11 heteroatoms. The number of rotatable bonds is 7. The van der Waals surface area contributed by atoms with E-state index >= 15 is 0 Å². The molecular weight excluding hydrogens is 402 g/mol. The number of hydrogen-bond acceptors (Lipinski definition) is 7. The number of sulfonamides is 1. The van der Waals surface area contributed by atoms with Crippen LogP contribution >= 0.6 is 0 Å². The molecule has 2 aromatic carbocycles. The first-order valence-corrected chi connectivity index (χ1v) is 9.73. The smallest absolute Gasteiger partial charge is 0.326 e. The van der Waals surface area contributed by atoms with Crippen LogP contribution < -0.4 is 9.62 Å². The zero-order valence-corrected chi connectivity index (χ0v) is 16.7. The average Bonchev–Trinajstić information content (AvgIpc) is 2.66. The van der Waals surface area contributed by atoms with Crippen molar-refractivity contribution in [2.75, 3.05) is 23.3 Å². The molecule has 0 aromatic heterocycles. The second kappa shape index (κ2) is 8.69. The van der Waals surface area contributed by atoms with E-state index in [2.05, 4.69) is 10.1 Å². The number of amides is 1. The van der Waals surface area contributed by atoms with Gasteiger partial charge in [-0.15, -0.1) is 0 Å². The molecule has 1 amide bonds. The number of carbonyl (C=O) groups is 2. The van der Waals surface area contributed by atoms with Crippen molar-refractivity contribution in [2.45, 2.75) is 18.7 Å². The quantitative estimate of drug-likeness (QED) is 0.411. The van der Waals surface area contributed by atoms with E-state index in [1.807, 2.05) is 0 Å². The van der Waals surface area contributed by atoms with Gasteiger partial charge in [-0.2, -0.15) is 0 Å². The summed E-state index contributed by atoms with van der Waals surface area (Å²) in [4.78, 5) is 33.4. The molecule has 0 fully saturated rings. The average molecular weight is 421 g/mol. The number of nitrogens with zero attached hydrogens (tertiary/aromatic N) is 2. The fourth-order valence-corrected chi connectivity index (χ4v) is 4.07. The highest BCUT2D eigenvalue weighted by Crippen LogP contribution is 2.32. The van der Waals surface area contributed by atoms with Crippen LogP contribution in [0.4, 0.5) is 17.1 Å². The maximum absolute atomic E-state index is 13.2. The molecule has 2 rings (SSSR count). The van der Waals surface area contributed by atoms with Crippen molar-refractivity contribution in [1.82, 2.24) is 0 Å². The van der Waals surface area contributed by atoms with Gasteiger partial charge in [0.05, 0.1) is 28.2 Å². The fourth-order valence-electron chi connectivity index (χ4n) is 2.60. The minimum absolute atomic E-state index is 0.0180. The van der Waals surface area contributed by atoms with Crippen LogP contribution in [-0.2, 0) is 24.3 Å². The third-order valence-electron chi connectivity index (χ3n) is 4.01. The van der Waals surface area contributed by atoms with E-state index in [1.165, 1.54) is 56.3 Å². The molecule has 0 spiro atoms. The molecule has 0 saturated heterocycles. The number of nitrogens with one attached hydrogen (secondary N) is 1. The van der Waals surface area contributed by atoms with Crippen LogP contribution in [0.3, 0.4) is 0 Å². The number of ether oxygens (including phenoxy) is 1. The lowest BCUT2D eigenvalue weighted by molar-refractivity contribution is -0.385. The van der Waals surface area contributed by atoms with E-state index in [9.17, 15) is 28.1 Å². The molecule has 10 nitrogen and oxygen atoms in total. The van der Waals surface area contributed by atoms with Gasteiger partial charge in [-0.3, -0.25) is 24.0 Å². The van der Waals surface area contributed by atoms with Gasteiger partial charge in [-0.05, 0) is 37.3 Å². The molecule has 29 heavy (non-hydrogen) atoms. The second-order valence-electron chi connectivity index (χ2n) is 5.97. The lowest BCUT2D eigenvalue weighted by Gasteiger charge is -2.25. The van der Waals surface area contributed by atoms with Gasteiger partial charge in [0.1, 0.15) is 6.54 Å². The van der Waals surface area contributed by atoms with Gasteiger partial charge in [0.2, 0.25) is 5.91 Å². The van der Waals surface area contributed by atoms with Gasteiger partial charge in [0.15, 0.2) is 0 Å². The van der Waals surface area contributed by atoms with Gasteiger partial charge < -0.3 is 10.1 Å². The van der Waals surface area contributed by atoms with Crippen molar-refractivity contribution < 1.29 is 27.7 Å². The van der Waals surface area contributed by atoms with E-state index in [4.69, 9.17) is 0 Å². The summed E-state index contributed by atoms with van der Waals surface area (Å²) in [7, 11) is -3.17. The number of esters is 1. The molecular formula is C18H19N3O7S. The third-order valence-corrected chi connectivity index (χ3v) is 5.78. The monoisotopic (exact) mass is 421 g/mol. The number of nitro benzene ring substituents is 1. The van der Waals surface area contributed by atoms with E-state index in [0.717, 1.165) is 11.4 Å². The van der Waals surface area contributed by atoms with Crippen molar-refractivity contribution in [1.29, 1.82) is 0 Å². The summed E-state index contributed by atoms with van der Waals surface area (Å²) in [6.07, 6.45) is 0. The Labute approximate surface area is 167 Å². The number of methoxy groups -OCH3 is 1. The number of anilines is 2. The van der Waals surface area contributed by atoms with Gasteiger partial charge in [0, 0.05) is 18.7 Å². The fraction of sp³-hybridized carbons (Fsp3) is 0.222. The van der Waals surface area contributed by atoms with E-state index in [1.54, 1.807) is 0 Å². The Morgan fingerprint density at radius 2 is 1.79 bits per heavy atom. The van der Waals surface area contributed by atoms with E-state index in [0.29, 0.717) is 5.69 Å². The van der Waals surface area contributed by atoms with Crippen LogP contribution in [-0.4, -0.2) is 38.9 Å². The van der Waals surface area contributed by atoms with Gasteiger partial charge in [-0.1, -0.05) is 6.07 Å². The standard InChI is InChI=1S/C18H19N3O7S/c1-12-16(5-4-6-17(12)21(24)25)20(11-18(23)28-3)29(26,27)15-9-7-14(8-10-15)19-13(2)22/h4-10H,11H2,1-3H3,(H,19,22). The van der Waals surface area contributed by atoms with Crippen LogP contribution in [0.5, 0.6) is 0 Å². The summed E-state index contributed by atoms with van der Waals surface area (Å²) in [5.41, 5.74) is 0.173. The minimum Gasteiger partial charge on any atom is -0.468 e. The maximum atomic E-state index is 13.2. The van der Waals surface area contributed by atoms with Crippen LogP contribution in [0.25, 0.3) is 0 Å². The normalized spacial score (nSPS) is 10.9. The lowest BCUT2D eigenvalue weighted by Crippen LogP contribution is -2.36. The zero-order valence-electron chi connectivity index (χ0n) is 15.9. The maximum Gasteiger partial charge on any atom is 0.326 e. The molecule has 0 heterocycles. The Balaban J connectivity index is 2.57. The Bertz CT molecular complexity index is 1050. The molecule has 154 valence electrons.